The highest BCUT2D eigenvalue weighted by atomic mass is 32.2. The average Bonchev–Trinajstić information content (AvgIpc) is 2.70. The molecule has 6 nitrogen and oxygen atoms in total. The number of carbonyl (C=O) groups excluding carboxylic acids is 2. The van der Waals surface area contributed by atoms with Crippen LogP contribution >= 0.6 is 11.8 Å². The number of benzene rings is 1. The van der Waals surface area contributed by atoms with Crippen LogP contribution in [0.25, 0.3) is 0 Å². The van der Waals surface area contributed by atoms with Crippen LogP contribution in [0.1, 0.15) is 5.56 Å². The quantitative estimate of drug-likeness (QED) is 0.829. The minimum absolute atomic E-state index is 0.0841. The van der Waals surface area contributed by atoms with Gasteiger partial charge in [0.2, 0.25) is 11.8 Å². The Kier molecular flexibility index (Phi) is 6.70. The number of carbonyl (C=O) groups is 2. The molecule has 0 atom stereocenters. The monoisotopic (exact) mass is 384 g/mol. The van der Waals surface area contributed by atoms with E-state index in [-0.39, 0.29) is 17.6 Å². The molecule has 142 valence electrons. The standard InChI is InChI=1S/C20H24N4O2S/c1-16-2-4-17(5-3-16)22-19(25)14-27-15-20(26)24-12-10-23(11-13-24)18-6-8-21-9-7-18/h2-9H,10-15H2,1H3,(H,22,25). The van der Waals surface area contributed by atoms with E-state index in [1.807, 2.05) is 48.2 Å². The van der Waals surface area contributed by atoms with Crippen molar-refractivity contribution in [3.8, 4) is 0 Å². The lowest BCUT2D eigenvalue weighted by atomic mass is 10.2. The van der Waals surface area contributed by atoms with Gasteiger partial charge in [-0.05, 0) is 31.2 Å². The number of nitrogens with zero attached hydrogens (tertiary/aromatic N) is 3. The van der Waals surface area contributed by atoms with E-state index in [4.69, 9.17) is 0 Å². The van der Waals surface area contributed by atoms with Crippen LogP contribution in [0.3, 0.4) is 0 Å². The summed E-state index contributed by atoms with van der Waals surface area (Å²) in [4.78, 5) is 32.5. The third-order valence-corrected chi connectivity index (χ3v) is 5.37. The number of amides is 2. The molecular formula is C20H24N4O2S. The Morgan fingerprint density at radius 1 is 1.00 bits per heavy atom. The second kappa shape index (κ2) is 9.41. The molecule has 0 aliphatic carbocycles. The van der Waals surface area contributed by atoms with Gasteiger partial charge in [0.05, 0.1) is 11.5 Å². The molecule has 2 amide bonds. The number of aromatic nitrogens is 1. The zero-order valence-corrected chi connectivity index (χ0v) is 16.2. The molecule has 1 N–H and O–H groups in total. The largest absolute Gasteiger partial charge is 0.368 e. The fourth-order valence-electron chi connectivity index (χ4n) is 2.93. The maximum atomic E-state index is 12.4. The van der Waals surface area contributed by atoms with Crippen molar-refractivity contribution in [2.24, 2.45) is 0 Å². The molecule has 2 heterocycles. The van der Waals surface area contributed by atoms with Crippen molar-refractivity contribution in [2.45, 2.75) is 6.92 Å². The van der Waals surface area contributed by atoms with E-state index in [1.165, 1.54) is 11.8 Å². The Hall–Kier alpha value is -2.54. The first-order valence-corrected chi connectivity index (χ1v) is 10.1. The fourth-order valence-corrected chi connectivity index (χ4v) is 3.64. The molecule has 7 heteroatoms. The number of rotatable bonds is 6. The van der Waals surface area contributed by atoms with E-state index in [0.29, 0.717) is 18.8 Å². The lowest BCUT2D eigenvalue weighted by Gasteiger charge is -2.36. The maximum Gasteiger partial charge on any atom is 0.234 e. The average molecular weight is 385 g/mol. The van der Waals surface area contributed by atoms with Crippen LogP contribution in [-0.2, 0) is 9.59 Å². The zero-order chi connectivity index (χ0) is 19.1. The fraction of sp³-hybridized carbons (Fsp3) is 0.350. The maximum absolute atomic E-state index is 12.4. The van der Waals surface area contributed by atoms with E-state index in [9.17, 15) is 9.59 Å². The summed E-state index contributed by atoms with van der Waals surface area (Å²) in [6.45, 7) is 5.04. The van der Waals surface area contributed by atoms with Gasteiger partial charge in [-0.3, -0.25) is 14.6 Å². The van der Waals surface area contributed by atoms with Crippen LogP contribution in [0.4, 0.5) is 11.4 Å². The minimum atomic E-state index is -0.0841. The van der Waals surface area contributed by atoms with Crippen molar-refractivity contribution in [2.75, 3.05) is 47.9 Å². The zero-order valence-electron chi connectivity index (χ0n) is 15.4. The van der Waals surface area contributed by atoms with Crippen molar-refractivity contribution in [3.63, 3.8) is 0 Å². The SMILES string of the molecule is Cc1ccc(NC(=O)CSCC(=O)N2CCN(c3ccncc3)CC2)cc1. The van der Waals surface area contributed by atoms with Crippen LogP contribution in [0.2, 0.25) is 0 Å². The van der Waals surface area contributed by atoms with Gasteiger partial charge in [0, 0.05) is 49.9 Å². The first-order valence-electron chi connectivity index (χ1n) is 8.99. The van der Waals surface area contributed by atoms with E-state index in [2.05, 4.69) is 15.2 Å². The molecule has 0 saturated carbocycles. The van der Waals surface area contributed by atoms with Gasteiger partial charge in [0.25, 0.3) is 0 Å². The molecule has 1 aromatic carbocycles. The molecule has 0 bridgehead atoms. The van der Waals surface area contributed by atoms with Gasteiger partial charge in [-0.2, -0.15) is 0 Å². The van der Waals surface area contributed by atoms with Crippen molar-refractivity contribution in [1.29, 1.82) is 0 Å². The normalized spacial score (nSPS) is 14.1. The van der Waals surface area contributed by atoms with Crippen LogP contribution in [0.5, 0.6) is 0 Å². The summed E-state index contributed by atoms with van der Waals surface area (Å²) in [7, 11) is 0. The van der Waals surface area contributed by atoms with Crippen LogP contribution in [-0.4, -0.2) is 59.4 Å². The first kappa shape index (κ1) is 19.2. The Morgan fingerprint density at radius 2 is 1.67 bits per heavy atom. The van der Waals surface area contributed by atoms with Gasteiger partial charge in [0.1, 0.15) is 0 Å². The number of anilines is 2. The third kappa shape index (κ3) is 5.72. The number of aryl methyl sites for hydroxylation is 1. The molecule has 3 rings (SSSR count). The molecule has 0 unspecified atom stereocenters. The molecule has 2 aromatic rings. The van der Waals surface area contributed by atoms with Gasteiger partial charge >= 0.3 is 0 Å². The summed E-state index contributed by atoms with van der Waals surface area (Å²) in [6, 6.07) is 11.6. The Labute approximate surface area is 164 Å². The smallest absolute Gasteiger partial charge is 0.234 e. The van der Waals surface area contributed by atoms with Gasteiger partial charge in [-0.1, -0.05) is 17.7 Å². The summed E-state index contributed by atoms with van der Waals surface area (Å²) in [5, 5.41) is 2.85. The minimum Gasteiger partial charge on any atom is -0.368 e. The van der Waals surface area contributed by atoms with Gasteiger partial charge in [0.15, 0.2) is 0 Å². The number of pyridine rings is 1. The highest BCUT2D eigenvalue weighted by Crippen LogP contribution is 2.16. The molecule has 0 spiro atoms. The number of hydrogen-bond acceptors (Lipinski definition) is 5. The second-order valence-electron chi connectivity index (χ2n) is 6.48. The van der Waals surface area contributed by atoms with Gasteiger partial charge in [-0.25, -0.2) is 0 Å². The van der Waals surface area contributed by atoms with Gasteiger partial charge < -0.3 is 15.1 Å². The summed E-state index contributed by atoms with van der Waals surface area (Å²) >= 11 is 1.36. The molecule has 1 aliphatic rings. The molecule has 0 radical (unpaired) electrons. The summed E-state index contributed by atoms with van der Waals surface area (Å²) in [5.41, 5.74) is 3.07. The summed E-state index contributed by atoms with van der Waals surface area (Å²) in [5.74, 6) is 0.615. The molecule has 1 aliphatic heterocycles. The van der Waals surface area contributed by atoms with E-state index in [0.717, 1.165) is 30.0 Å². The van der Waals surface area contributed by atoms with Crippen molar-refractivity contribution < 1.29 is 9.59 Å². The molecule has 1 aromatic heterocycles. The van der Waals surface area contributed by atoms with Crippen molar-refractivity contribution >= 4 is 35.0 Å². The van der Waals surface area contributed by atoms with E-state index < -0.39 is 0 Å². The van der Waals surface area contributed by atoms with Crippen LogP contribution in [0, 0.1) is 6.92 Å². The Morgan fingerprint density at radius 3 is 2.33 bits per heavy atom. The van der Waals surface area contributed by atoms with Crippen molar-refractivity contribution in [1.82, 2.24) is 9.88 Å². The van der Waals surface area contributed by atoms with Crippen LogP contribution < -0.4 is 10.2 Å². The lowest BCUT2D eigenvalue weighted by molar-refractivity contribution is -0.128. The summed E-state index contributed by atoms with van der Waals surface area (Å²) < 4.78 is 0. The van der Waals surface area contributed by atoms with E-state index >= 15 is 0 Å². The number of hydrogen-bond donors (Lipinski definition) is 1. The predicted octanol–water partition coefficient (Wildman–Crippen LogP) is 2.41. The number of thioether (sulfide) groups is 1. The molecule has 1 saturated heterocycles. The highest BCUT2D eigenvalue weighted by molar-refractivity contribution is 8.00. The predicted molar refractivity (Wildman–Crippen MR) is 110 cm³/mol. The topological polar surface area (TPSA) is 65.5 Å². The van der Waals surface area contributed by atoms with Crippen molar-refractivity contribution in [3.05, 3.63) is 54.4 Å². The lowest BCUT2D eigenvalue weighted by Crippen LogP contribution is -2.49. The third-order valence-electron chi connectivity index (χ3n) is 4.45. The summed E-state index contributed by atoms with van der Waals surface area (Å²) in [6.07, 6.45) is 3.57. The molecule has 27 heavy (non-hydrogen) atoms. The molecule has 1 fully saturated rings. The van der Waals surface area contributed by atoms with Gasteiger partial charge in [-0.15, -0.1) is 11.8 Å². The second-order valence-corrected chi connectivity index (χ2v) is 7.47. The highest BCUT2D eigenvalue weighted by Gasteiger charge is 2.21. The number of nitrogens with one attached hydrogen (secondary N) is 1. The molecular weight excluding hydrogens is 360 g/mol. The number of piperazine rings is 1. The first-order chi connectivity index (χ1) is 13.1. The Bertz CT molecular complexity index is 759. The van der Waals surface area contributed by atoms with Crippen LogP contribution in [0.15, 0.2) is 48.8 Å². The van der Waals surface area contributed by atoms with E-state index in [1.54, 1.807) is 12.4 Å². The Balaban J connectivity index is 1.36.